The molecule has 0 spiro atoms. The first-order valence-corrected chi connectivity index (χ1v) is 6.56. The molecule has 0 bridgehead atoms. The van der Waals surface area contributed by atoms with Crippen molar-refractivity contribution in [1.82, 2.24) is 0 Å². The third-order valence-electron chi connectivity index (χ3n) is 3.34. The standard InChI is InChI=1S/C14H8O6S/c15-7-3-1-5-9(12(7)17)14(19)10-6(11(5)16)2-4-8(21-20)13(10)18/h1-4,15,17-18,20H. The summed E-state index contributed by atoms with van der Waals surface area (Å²) in [5.41, 5.74) is -0.727. The fourth-order valence-electron chi connectivity index (χ4n) is 2.33. The third kappa shape index (κ3) is 1.71. The van der Waals surface area contributed by atoms with Crippen LogP contribution in [0.3, 0.4) is 0 Å². The smallest absolute Gasteiger partial charge is 0.202 e. The first kappa shape index (κ1) is 13.5. The highest BCUT2D eigenvalue weighted by Gasteiger charge is 2.35. The molecule has 106 valence electrons. The molecule has 0 fully saturated rings. The van der Waals surface area contributed by atoms with E-state index in [-0.39, 0.29) is 39.2 Å². The Kier molecular flexibility index (Phi) is 2.89. The zero-order chi connectivity index (χ0) is 15.3. The summed E-state index contributed by atoms with van der Waals surface area (Å²) >= 11 is 0.235. The Hall–Kier alpha value is -2.51. The van der Waals surface area contributed by atoms with Crippen molar-refractivity contribution < 1.29 is 29.5 Å². The van der Waals surface area contributed by atoms with Gasteiger partial charge in [0.1, 0.15) is 5.75 Å². The summed E-state index contributed by atoms with van der Waals surface area (Å²) < 4.78 is 9.04. The van der Waals surface area contributed by atoms with E-state index >= 15 is 0 Å². The van der Waals surface area contributed by atoms with Gasteiger partial charge >= 0.3 is 0 Å². The van der Waals surface area contributed by atoms with Gasteiger partial charge < -0.3 is 19.9 Å². The molecule has 3 rings (SSSR count). The lowest BCUT2D eigenvalue weighted by Crippen LogP contribution is -2.21. The molecule has 2 aromatic carbocycles. The number of phenolic OH excluding ortho intramolecular Hbond substituents is 3. The van der Waals surface area contributed by atoms with Crippen molar-refractivity contribution in [2.24, 2.45) is 0 Å². The topological polar surface area (TPSA) is 115 Å². The number of ketones is 2. The van der Waals surface area contributed by atoms with Crippen molar-refractivity contribution in [3.05, 3.63) is 46.5 Å². The molecule has 2 aromatic rings. The fraction of sp³-hybridized carbons (Fsp3) is 0. The quantitative estimate of drug-likeness (QED) is 0.402. The van der Waals surface area contributed by atoms with E-state index in [9.17, 15) is 24.9 Å². The summed E-state index contributed by atoms with van der Waals surface area (Å²) in [6.45, 7) is 0. The van der Waals surface area contributed by atoms with Crippen molar-refractivity contribution in [1.29, 1.82) is 0 Å². The van der Waals surface area contributed by atoms with Gasteiger partial charge in [-0.3, -0.25) is 9.59 Å². The number of phenols is 3. The maximum absolute atomic E-state index is 12.4. The van der Waals surface area contributed by atoms with Crippen LogP contribution in [-0.2, 0) is 0 Å². The number of carbonyl (C=O) groups is 2. The van der Waals surface area contributed by atoms with Crippen molar-refractivity contribution in [3.63, 3.8) is 0 Å². The predicted molar refractivity (Wildman–Crippen MR) is 73.2 cm³/mol. The first-order valence-electron chi connectivity index (χ1n) is 5.79. The first-order chi connectivity index (χ1) is 9.97. The summed E-state index contributed by atoms with van der Waals surface area (Å²) in [4.78, 5) is 24.8. The number of hydrogen-bond donors (Lipinski definition) is 4. The molecule has 0 atom stereocenters. The molecule has 1 aliphatic rings. The largest absolute Gasteiger partial charge is 0.506 e. The van der Waals surface area contributed by atoms with E-state index in [1.807, 2.05) is 0 Å². The maximum Gasteiger partial charge on any atom is 0.202 e. The molecule has 0 unspecified atom stereocenters. The number of benzene rings is 2. The van der Waals surface area contributed by atoms with Gasteiger partial charge in [0.25, 0.3) is 0 Å². The molecule has 4 N–H and O–H groups in total. The lowest BCUT2D eigenvalue weighted by molar-refractivity contribution is 0.0973. The minimum absolute atomic E-state index is 0.0120. The molecule has 0 saturated heterocycles. The molecule has 0 amide bonds. The van der Waals surface area contributed by atoms with Crippen LogP contribution in [0.1, 0.15) is 31.8 Å². The van der Waals surface area contributed by atoms with E-state index in [0.717, 1.165) is 6.07 Å². The van der Waals surface area contributed by atoms with E-state index < -0.39 is 28.8 Å². The van der Waals surface area contributed by atoms with Gasteiger partial charge in [-0.25, -0.2) is 0 Å². The minimum atomic E-state index is -0.790. The Labute approximate surface area is 122 Å². The Morgan fingerprint density at radius 3 is 1.95 bits per heavy atom. The van der Waals surface area contributed by atoms with Gasteiger partial charge in [0.15, 0.2) is 17.3 Å². The monoisotopic (exact) mass is 304 g/mol. The van der Waals surface area contributed by atoms with Crippen LogP contribution in [-0.4, -0.2) is 31.4 Å². The Morgan fingerprint density at radius 1 is 0.762 bits per heavy atom. The zero-order valence-electron chi connectivity index (χ0n) is 10.3. The van der Waals surface area contributed by atoms with E-state index in [1.54, 1.807) is 0 Å². The molecule has 0 heterocycles. The van der Waals surface area contributed by atoms with E-state index in [0.29, 0.717) is 0 Å². The van der Waals surface area contributed by atoms with Gasteiger partial charge in [-0.1, -0.05) is 0 Å². The number of fused-ring (bicyclic) bond motifs is 2. The number of rotatable bonds is 1. The Bertz CT molecular complexity index is 812. The summed E-state index contributed by atoms with van der Waals surface area (Å²) in [5, 5.41) is 29.3. The van der Waals surface area contributed by atoms with Crippen LogP contribution in [0, 0.1) is 0 Å². The molecule has 0 saturated carbocycles. The van der Waals surface area contributed by atoms with Gasteiger partial charge in [0, 0.05) is 23.2 Å². The van der Waals surface area contributed by atoms with Crippen molar-refractivity contribution in [3.8, 4) is 17.2 Å². The van der Waals surface area contributed by atoms with Crippen LogP contribution in [0.2, 0.25) is 0 Å². The van der Waals surface area contributed by atoms with Crippen LogP contribution < -0.4 is 0 Å². The second-order valence-corrected chi connectivity index (χ2v) is 5.06. The predicted octanol–water partition coefficient (Wildman–Crippen LogP) is 2.14. The molecule has 0 aliphatic heterocycles. The second kappa shape index (κ2) is 4.51. The number of aromatic hydroxyl groups is 3. The van der Waals surface area contributed by atoms with Crippen LogP contribution in [0.15, 0.2) is 29.2 Å². The van der Waals surface area contributed by atoms with E-state index in [1.165, 1.54) is 18.2 Å². The molecular formula is C14H8O6S. The van der Waals surface area contributed by atoms with Crippen LogP contribution in [0.25, 0.3) is 0 Å². The van der Waals surface area contributed by atoms with Gasteiger partial charge in [-0.2, -0.15) is 0 Å². The molecule has 0 aromatic heterocycles. The zero-order valence-corrected chi connectivity index (χ0v) is 11.1. The van der Waals surface area contributed by atoms with E-state index in [2.05, 4.69) is 0 Å². The Morgan fingerprint density at radius 2 is 1.33 bits per heavy atom. The molecule has 21 heavy (non-hydrogen) atoms. The van der Waals surface area contributed by atoms with Crippen molar-refractivity contribution >= 4 is 23.6 Å². The van der Waals surface area contributed by atoms with Gasteiger partial charge in [0.05, 0.1) is 16.0 Å². The van der Waals surface area contributed by atoms with Crippen LogP contribution >= 0.6 is 12.0 Å². The lowest BCUT2D eigenvalue weighted by atomic mass is 9.83. The summed E-state index contributed by atoms with van der Waals surface area (Å²) in [6, 6.07) is 4.98. The molecule has 0 radical (unpaired) electrons. The second-order valence-electron chi connectivity index (χ2n) is 4.44. The van der Waals surface area contributed by atoms with Crippen molar-refractivity contribution in [2.45, 2.75) is 4.90 Å². The highest BCUT2D eigenvalue weighted by atomic mass is 32.2. The average molecular weight is 304 g/mol. The Balaban J connectivity index is 2.37. The minimum Gasteiger partial charge on any atom is -0.506 e. The third-order valence-corrected chi connectivity index (χ3v) is 3.87. The molecule has 1 aliphatic carbocycles. The normalized spacial score (nSPS) is 13.0. The van der Waals surface area contributed by atoms with Gasteiger partial charge in [0.2, 0.25) is 5.78 Å². The number of carbonyl (C=O) groups excluding carboxylic acids is 2. The molecule has 7 heteroatoms. The SMILES string of the molecule is O=C1c2ccc(O)c(O)c2C(=O)c2c1ccc(SO)c2O. The highest BCUT2D eigenvalue weighted by molar-refractivity contribution is 7.93. The average Bonchev–Trinajstić information content (AvgIpc) is 2.47. The lowest BCUT2D eigenvalue weighted by Gasteiger charge is -2.20. The molecule has 6 nitrogen and oxygen atoms in total. The van der Waals surface area contributed by atoms with Gasteiger partial charge in [-0.05, 0) is 24.3 Å². The number of hydrogen-bond acceptors (Lipinski definition) is 7. The summed E-state index contributed by atoms with van der Waals surface area (Å²) in [5.74, 6) is -3.13. The van der Waals surface area contributed by atoms with Gasteiger partial charge in [-0.15, -0.1) is 0 Å². The molecular weight excluding hydrogens is 296 g/mol. The fourth-order valence-corrected chi connectivity index (χ4v) is 2.65. The summed E-state index contributed by atoms with van der Waals surface area (Å²) in [6.07, 6.45) is 0. The maximum atomic E-state index is 12.4. The van der Waals surface area contributed by atoms with Crippen LogP contribution in [0.5, 0.6) is 17.2 Å². The van der Waals surface area contributed by atoms with E-state index in [4.69, 9.17) is 4.55 Å². The van der Waals surface area contributed by atoms with Crippen LogP contribution in [0.4, 0.5) is 0 Å². The van der Waals surface area contributed by atoms with Crippen molar-refractivity contribution in [2.75, 3.05) is 0 Å². The summed E-state index contributed by atoms with van der Waals surface area (Å²) in [7, 11) is 0. The highest BCUT2D eigenvalue weighted by Crippen LogP contribution is 2.42.